The molecule has 0 bridgehead atoms. The van der Waals surface area contributed by atoms with Crippen LogP contribution in [0.3, 0.4) is 0 Å². The molecule has 2 amide bonds. The van der Waals surface area contributed by atoms with Crippen molar-refractivity contribution in [1.29, 1.82) is 0 Å². The zero-order valence-corrected chi connectivity index (χ0v) is 14.9. The Kier molecular flexibility index (Phi) is 4.83. The Hall–Kier alpha value is -1.84. The number of rotatable bonds is 2. The molecule has 1 aliphatic rings. The molecule has 0 saturated carbocycles. The molecular formula is C19H28N2O2. The largest absolute Gasteiger partial charge is 0.339 e. The Morgan fingerprint density at radius 3 is 1.65 bits per heavy atom. The fourth-order valence-electron chi connectivity index (χ4n) is 2.96. The third-order valence-electron chi connectivity index (χ3n) is 4.53. The van der Waals surface area contributed by atoms with Crippen LogP contribution in [0.4, 0.5) is 0 Å². The molecule has 1 fully saturated rings. The van der Waals surface area contributed by atoms with Crippen LogP contribution in [0.15, 0.2) is 30.3 Å². The van der Waals surface area contributed by atoms with E-state index in [2.05, 4.69) is 0 Å². The summed E-state index contributed by atoms with van der Waals surface area (Å²) in [6.07, 6.45) is 0. The summed E-state index contributed by atoms with van der Waals surface area (Å²) < 4.78 is 0. The first kappa shape index (κ1) is 17.5. The van der Waals surface area contributed by atoms with E-state index in [1.165, 1.54) is 0 Å². The van der Waals surface area contributed by atoms with Gasteiger partial charge in [0.1, 0.15) is 0 Å². The second kappa shape index (κ2) is 6.34. The van der Waals surface area contributed by atoms with Crippen molar-refractivity contribution in [2.45, 2.75) is 40.0 Å². The fourth-order valence-corrected chi connectivity index (χ4v) is 2.96. The smallest absolute Gasteiger partial charge is 0.232 e. The van der Waals surface area contributed by atoms with Crippen molar-refractivity contribution in [2.24, 2.45) is 5.41 Å². The molecule has 2 rings (SSSR count). The van der Waals surface area contributed by atoms with E-state index in [0.717, 1.165) is 5.56 Å². The molecule has 1 aromatic carbocycles. The fraction of sp³-hybridized carbons (Fsp3) is 0.579. The monoisotopic (exact) mass is 316 g/mol. The molecule has 0 aromatic heterocycles. The summed E-state index contributed by atoms with van der Waals surface area (Å²) in [7, 11) is 0. The van der Waals surface area contributed by atoms with Crippen molar-refractivity contribution < 1.29 is 9.59 Å². The Morgan fingerprint density at radius 1 is 0.783 bits per heavy atom. The van der Waals surface area contributed by atoms with Gasteiger partial charge in [-0.1, -0.05) is 51.1 Å². The van der Waals surface area contributed by atoms with Gasteiger partial charge < -0.3 is 9.80 Å². The van der Waals surface area contributed by atoms with E-state index in [9.17, 15) is 9.59 Å². The SMILES string of the molecule is CC(C)(C)C(=O)N1CCN(C(=O)C(C)(C)c2ccccc2)CC1. The predicted octanol–water partition coefficient (Wildman–Crippen LogP) is 2.68. The van der Waals surface area contributed by atoms with Gasteiger partial charge >= 0.3 is 0 Å². The first-order valence-corrected chi connectivity index (χ1v) is 8.28. The van der Waals surface area contributed by atoms with Gasteiger partial charge in [-0.15, -0.1) is 0 Å². The minimum Gasteiger partial charge on any atom is -0.339 e. The van der Waals surface area contributed by atoms with Crippen LogP contribution in [-0.2, 0) is 15.0 Å². The topological polar surface area (TPSA) is 40.6 Å². The van der Waals surface area contributed by atoms with Crippen LogP contribution in [0.5, 0.6) is 0 Å². The van der Waals surface area contributed by atoms with E-state index in [0.29, 0.717) is 26.2 Å². The highest BCUT2D eigenvalue weighted by molar-refractivity contribution is 5.88. The number of piperazine rings is 1. The maximum absolute atomic E-state index is 12.9. The van der Waals surface area contributed by atoms with Gasteiger partial charge in [-0.3, -0.25) is 9.59 Å². The summed E-state index contributed by atoms with van der Waals surface area (Å²) >= 11 is 0. The molecule has 0 aliphatic carbocycles. The van der Waals surface area contributed by atoms with Crippen LogP contribution in [0, 0.1) is 5.41 Å². The van der Waals surface area contributed by atoms with Gasteiger partial charge in [-0.25, -0.2) is 0 Å². The molecule has 0 N–H and O–H groups in total. The van der Waals surface area contributed by atoms with E-state index < -0.39 is 5.41 Å². The molecule has 0 spiro atoms. The number of carbonyl (C=O) groups is 2. The van der Waals surface area contributed by atoms with Gasteiger partial charge in [0.15, 0.2) is 0 Å². The lowest BCUT2D eigenvalue weighted by Gasteiger charge is -2.40. The van der Waals surface area contributed by atoms with Gasteiger partial charge in [0.25, 0.3) is 0 Å². The van der Waals surface area contributed by atoms with Crippen LogP contribution in [-0.4, -0.2) is 47.8 Å². The number of nitrogens with zero attached hydrogens (tertiary/aromatic N) is 2. The zero-order chi connectivity index (χ0) is 17.3. The third-order valence-corrected chi connectivity index (χ3v) is 4.53. The van der Waals surface area contributed by atoms with Crippen LogP contribution < -0.4 is 0 Å². The third kappa shape index (κ3) is 3.74. The molecule has 0 unspecified atom stereocenters. The second-order valence-corrected chi connectivity index (χ2v) is 7.83. The van der Waals surface area contributed by atoms with Crippen molar-refractivity contribution in [2.75, 3.05) is 26.2 Å². The zero-order valence-electron chi connectivity index (χ0n) is 14.9. The molecule has 1 aliphatic heterocycles. The van der Waals surface area contributed by atoms with Crippen molar-refractivity contribution in [3.63, 3.8) is 0 Å². The number of hydrogen-bond donors (Lipinski definition) is 0. The van der Waals surface area contributed by atoms with E-state index in [1.807, 2.05) is 74.8 Å². The Morgan fingerprint density at radius 2 is 1.22 bits per heavy atom. The van der Waals surface area contributed by atoms with Gasteiger partial charge in [0, 0.05) is 31.6 Å². The minimum atomic E-state index is -0.544. The van der Waals surface area contributed by atoms with Gasteiger partial charge in [-0.05, 0) is 19.4 Å². The maximum atomic E-state index is 12.9. The quantitative estimate of drug-likeness (QED) is 0.841. The summed E-state index contributed by atoms with van der Waals surface area (Å²) in [5.74, 6) is 0.290. The summed E-state index contributed by atoms with van der Waals surface area (Å²) in [5.41, 5.74) is 0.116. The number of hydrogen-bond acceptors (Lipinski definition) is 2. The lowest BCUT2D eigenvalue weighted by molar-refractivity contribution is -0.146. The molecule has 1 saturated heterocycles. The van der Waals surface area contributed by atoms with E-state index in [1.54, 1.807) is 0 Å². The van der Waals surface area contributed by atoms with E-state index in [4.69, 9.17) is 0 Å². The van der Waals surface area contributed by atoms with E-state index in [-0.39, 0.29) is 17.2 Å². The molecular weight excluding hydrogens is 288 g/mol. The molecule has 0 radical (unpaired) electrons. The summed E-state index contributed by atoms with van der Waals surface area (Å²) in [6, 6.07) is 9.88. The van der Waals surface area contributed by atoms with Crippen LogP contribution in [0.25, 0.3) is 0 Å². The normalized spacial score (nSPS) is 16.4. The molecule has 126 valence electrons. The predicted molar refractivity (Wildman–Crippen MR) is 92.1 cm³/mol. The second-order valence-electron chi connectivity index (χ2n) is 7.83. The lowest BCUT2D eigenvalue weighted by Crippen LogP contribution is -2.55. The molecule has 1 aromatic rings. The molecule has 1 heterocycles. The highest BCUT2D eigenvalue weighted by atomic mass is 16.2. The Labute approximate surface area is 139 Å². The maximum Gasteiger partial charge on any atom is 0.232 e. The first-order chi connectivity index (χ1) is 10.6. The molecule has 23 heavy (non-hydrogen) atoms. The van der Waals surface area contributed by atoms with Crippen LogP contribution >= 0.6 is 0 Å². The molecule has 4 nitrogen and oxygen atoms in total. The van der Waals surface area contributed by atoms with Crippen molar-refractivity contribution in [3.05, 3.63) is 35.9 Å². The average molecular weight is 316 g/mol. The van der Waals surface area contributed by atoms with Crippen molar-refractivity contribution in [3.8, 4) is 0 Å². The van der Waals surface area contributed by atoms with Crippen molar-refractivity contribution >= 4 is 11.8 Å². The summed E-state index contributed by atoms with van der Waals surface area (Å²) in [4.78, 5) is 29.0. The summed E-state index contributed by atoms with van der Waals surface area (Å²) in [6.45, 7) is 12.2. The molecule has 4 heteroatoms. The highest BCUT2D eigenvalue weighted by Gasteiger charge is 2.36. The number of benzene rings is 1. The molecule has 0 atom stereocenters. The summed E-state index contributed by atoms with van der Waals surface area (Å²) in [5, 5.41) is 0. The van der Waals surface area contributed by atoms with Gasteiger partial charge in [0.05, 0.1) is 5.41 Å². The average Bonchev–Trinajstić information content (AvgIpc) is 2.53. The number of amides is 2. The van der Waals surface area contributed by atoms with Gasteiger partial charge in [0.2, 0.25) is 11.8 Å². The highest BCUT2D eigenvalue weighted by Crippen LogP contribution is 2.26. The van der Waals surface area contributed by atoms with Crippen molar-refractivity contribution in [1.82, 2.24) is 9.80 Å². The minimum absolute atomic E-state index is 0.131. The van der Waals surface area contributed by atoms with Crippen LogP contribution in [0.2, 0.25) is 0 Å². The standard InChI is InChI=1S/C19H28N2O2/c1-18(2,3)16(22)20-11-13-21(14-12-20)17(23)19(4,5)15-9-7-6-8-10-15/h6-10H,11-14H2,1-5H3. The van der Waals surface area contributed by atoms with Gasteiger partial charge in [-0.2, -0.15) is 0 Å². The van der Waals surface area contributed by atoms with E-state index >= 15 is 0 Å². The number of carbonyl (C=O) groups excluding carboxylic acids is 2. The Bertz CT molecular complexity index is 565. The Balaban J connectivity index is 2.03. The lowest BCUT2D eigenvalue weighted by atomic mass is 9.83. The van der Waals surface area contributed by atoms with Crippen LogP contribution in [0.1, 0.15) is 40.2 Å². The first-order valence-electron chi connectivity index (χ1n) is 8.28.